The summed E-state index contributed by atoms with van der Waals surface area (Å²) in [4.78, 5) is 0. The Morgan fingerprint density at radius 3 is 2.78 bits per heavy atom. The first kappa shape index (κ1) is 11.4. The third kappa shape index (κ3) is 2.78. The van der Waals surface area contributed by atoms with E-state index in [9.17, 15) is 0 Å². The highest BCUT2D eigenvalue weighted by Gasteiger charge is 2.17. The molecule has 1 aliphatic heterocycles. The van der Waals surface area contributed by atoms with Gasteiger partial charge < -0.3 is 10.1 Å². The SMILES string of the molecule is c1ccc(Cn2cc(CNC3COC3)cn2)cc1. The van der Waals surface area contributed by atoms with Crippen LogP contribution in [0.1, 0.15) is 11.1 Å². The molecule has 0 radical (unpaired) electrons. The van der Waals surface area contributed by atoms with Crippen molar-refractivity contribution < 1.29 is 4.74 Å². The van der Waals surface area contributed by atoms with Crippen molar-refractivity contribution in [3.8, 4) is 0 Å². The molecule has 0 bridgehead atoms. The Hall–Kier alpha value is -1.65. The molecule has 0 unspecified atom stereocenters. The van der Waals surface area contributed by atoms with E-state index in [0.29, 0.717) is 6.04 Å². The monoisotopic (exact) mass is 243 g/mol. The molecular formula is C14H17N3O. The van der Waals surface area contributed by atoms with Crippen LogP contribution in [0.15, 0.2) is 42.7 Å². The summed E-state index contributed by atoms with van der Waals surface area (Å²) in [5.74, 6) is 0. The Morgan fingerprint density at radius 1 is 1.22 bits per heavy atom. The van der Waals surface area contributed by atoms with Gasteiger partial charge in [-0.2, -0.15) is 5.10 Å². The Labute approximate surface area is 107 Å². The van der Waals surface area contributed by atoms with E-state index < -0.39 is 0 Å². The van der Waals surface area contributed by atoms with Crippen LogP contribution in [-0.2, 0) is 17.8 Å². The predicted octanol–water partition coefficient (Wildman–Crippen LogP) is 1.42. The minimum Gasteiger partial charge on any atom is -0.378 e. The zero-order chi connectivity index (χ0) is 12.2. The van der Waals surface area contributed by atoms with Crippen molar-refractivity contribution in [2.45, 2.75) is 19.1 Å². The van der Waals surface area contributed by atoms with E-state index in [-0.39, 0.29) is 0 Å². The van der Waals surface area contributed by atoms with Crippen molar-refractivity contribution in [2.75, 3.05) is 13.2 Å². The van der Waals surface area contributed by atoms with Gasteiger partial charge in [-0.3, -0.25) is 4.68 Å². The summed E-state index contributed by atoms with van der Waals surface area (Å²) < 4.78 is 7.10. The van der Waals surface area contributed by atoms with Crippen LogP contribution in [0.25, 0.3) is 0 Å². The van der Waals surface area contributed by atoms with Crippen molar-refractivity contribution in [1.82, 2.24) is 15.1 Å². The van der Waals surface area contributed by atoms with Crippen molar-refractivity contribution in [1.29, 1.82) is 0 Å². The summed E-state index contributed by atoms with van der Waals surface area (Å²) in [6.07, 6.45) is 4.02. The first-order chi connectivity index (χ1) is 8.90. The lowest BCUT2D eigenvalue weighted by atomic mass is 10.2. The largest absolute Gasteiger partial charge is 0.378 e. The van der Waals surface area contributed by atoms with Crippen LogP contribution in [-0.4, -0.2) is 29.0 Å². The maximum atomic E-state index is 5.12. The molecule has 94 valence electrons. The fourth-order valence-corrected chi connectivity index (χ4v) is 1.97. The minimum absolute atomic E-state index is 0.516. The Balaban J connectivity index is 1.55. The Morgan fingerprint density at radius 2 is 2.06 bits per heavy atom. The zero-order valence-corrected chi connectivity index (χ0v) is 10.2. The highest BCUT2D eigenvalue weighted by Crippen LogP contribution is 2.05. The van der Waals surface area contributed by atoms with E-state index in [2.05, 4.69) is 40.9 Å². The molecule has 1 fully saturated rings. The van der Waals surface area contributed by atoms with E-state index in [4.69, 9.17) is 4.74 Å². The van der Waals surface area contributed by atoms with Crippen LogP contribution >= 0.6 is 0 Å². The molecule has 1 aromatic carbocycles. The topological polar surface area (TPSA) is 39.1 Å². The molecule has 0 amide bonds. The van der Waals surface area contributed by atoms with Gasteiger partial charge in [0.2, 0.25) is 0 Å². The number of aromatic nitrogens is 2. The Bertz CT molecular complexity index is 491. The van der Waals surface area contributed by atoms with Gasteiger partial charge in [-0.15, -0.1) is 0 Å². The third-order valence-corrected chi connectivity index (χ3v) is 3.11. The highest BCUT2D eigenvalue weighted by molar-refractivity contribution is 5.15. The molecular weight excluding hydrogens is 226 g/mol. The van der Waals surface area contributed by atoms with Crippen LogP contribution in [0.2, 0.25) is 0 Å². The highest BCUT2D eigenvalue weighted by atomic mass is 16.5. The summed E-state index contributed by atoms with van der Waals surface area (Å²) >= 11 is 0. The average molecular weight is 243 g/mol. The molecule has 3 rings (SSSR count). The molecule has 1 saturated heterocycles. The first-order valence-corrected chi connectivity index (χ1v) is 6.26. The number of rotatable bonds is 5. The van der Waals surface area contributed by atoms with E-state index in [0.717, 1.165) is 26.3 Å². The van der Waals surface area contributed by atoms with Gasteiger partial charge in [0.1, 0.15) is 0 Å². The number of benzene rings is 1. The van der Waals surface area contributed by atoms with Crippen LogP contribution in [0.3, 0.4) is 0 Å². The number of nitrogens with one attached hydrogen (secondary N) is 1. The van der Waals surface area contributed by atoms with Gasteiger partial charge in [-0.05, 0) is 5.56 Å². The second kappa shape index (κ2) is 5.33. The zero-order valence-electron chi connectivity index (χ0n) is 10.2. The molecule has 1 aromatic heterocycles. The minimum atomic E-state index is 0.516. The van der Waals surface area contributed by atoms with Crippen LogP contribution in [0.4, 0.5) is 0 Å². The quantitative estimate of drug-likeness (QED) is 0.863. The summed E-state index contributed by atoms with van der Waals surface area (Å²) in [6, 6.07) is 10.9. The van der Waals surface area contributed by atoms with Crippen LogP contribution in [0, 0.1) is 0 Å². The summed E-state index contributed by atoms with van der Waals surface area (Å²) in [6.45, 7) is 3.35. The van der Waals surface area contributed by atoms with Crippen molar-refractivity contribution >= 4 is 0 Å². The Kier molecular flexibility index (Phi) is 3.39. The molecule has 0 saturated carbocycles. The van der Waals surface area contributed by atoms with E-state index >= 15 is 0 Å². The predicted molar refractivity (Wildman–Crippen MR) is 69.2 cm³/mol. The number of hydrogen-bond acceptors (Lipinski definition) is 3. The van der Waals surface area contributed by atoms with E-state index in [1.807, 2.05) is 16.9 Å². The molecule has 0 aliphatic carbocycles. The first-order valence-electron chi connectivity index (χ1n) is 6.26. The van der Waals surface area contributed by atoms with Crippen molar-refractivity contribution in [3.05, 3.63) is 53.9 Å². The summed E-state index contributed by atoms with van der Waals surface area (Å²) in [5, 5.41) is 7.81. The molecule has 1 N–H and O–H groups in total. The van der Waals surface area contributed by atoms with Crippen molar-refractivity contribution in [2.24, 2.45) is 0 Å². The molecule has 18 heavy (non-hydrogen) atoms. The van der Waals surface area contributed by atoms with Gasteiger partial charge in [0, 0.05) is 18.3 Å². The summed E-state index contributed by atoms with van der Waals surface area (Å²) in [5.41, 5.74) is 2.49. The van der Waals surface area contributed by atoms with Gasteiger partial charge in [-0.1, -0.05) is 30.3 Å². The second-order valence-electron chi connectivity index (χ2n) is 4.65. The fraction of sp³-hybridized carbons (Fsp3) is 0.357. The molecule has 2 aromatic rings. The number of hydrogen-bond donors (Lipinski definition) is 1. The molecule has 4 nitrogen and oxygen atoms in total. The third-order valence-electron chi connectivity index (χ3n) is 3.11. The molecule has 0 spiro atoms. The average Bonchev–Trinajstić information content (AvgIpc) is 2.76. The summed E-state index contributed by atoms with van der Waals surface area (Å²) in [7, 11) is 0. The molecule has 4 heteroatoms. The van der Waals surface area contributed by atoms with E-state index in [1.165, 1.54) is 11.1 Å². The van der Waals surface area contributed by atoms with Crippen LogP contribution < -0.4 is 5.32 Å². The maximum absolute atomic E-state index is 5.12. The second-order valence-corrected chi connectivity index (χ2v) is 4.65. The maximum Gasteiger partial charge on any atom is 0.0659 e. The van der Waals surface area contributed by atoms with Gasteiger partial charge in [0.15, 0.2) is 0 Å². The lowest BCUT2D eigenvalue weighted by Gasteiger charge is -2.26. The van der Waals surface area contributed by atoms with Gasteiger partial charge in [-0.25, -0.2) is 0 Å². The lowest BCUT2D eigenvalue weighted by Crippen LogP contribution is -2.45. The van der Waals surface area contributed by atoms with Gasteiger partial charge in [0.25, 0.3) is 0 Å². The van der Waals surface area contributed by atoms with Crippen LogP contribution in [0.5, 0.6) is 0 Å². The lowest BCUT2D eigenvalue weighted by molar-refractivity contribution is -0.00578. The standard InChI is InChI=1S/C14H17N3O/c1-2-4-12(5-3-1)8-17-9-13(7-16-17)6-15-14-10-18-11-14/h1-5,7,9,14-15H,6,8,10-11H2. The molecule has 2 heterocycles. The van der Waals surface area contributed by atoms with Crippen molar-refractivity contribution in [3.63, 3.8) is 0 Å². The van der Waals surface area contributed by atoms with Gasteiger partial charge in [0.05, 0.1) is 32.0 Å². The fourth-order valence-electron chi connectivity index (χ4n) is 1.97. The normalized spacial score (nSPS) is 15.6. The molecule has 1 aliphatic rings. The molecule has 0 atom stereocenters. The smallest absolute Gasteiger partial charge is 0.0659 e. The number of nitrogens with zero attached hydrogens (tertiary/aromatic N) is 2. The van der Waals surface area contributed by atoms with E-state index in [1.54, 1.807) is 0 Å². The number of ether oxygens (including phenoxy) is 1. The van der Waals surface area contributed by atoms with Gasteiger partial charge >= 0.3 is 0 Å².